The Balaban J connectivity index is 1.92. The van der Waals surface area contributed by atoms with E-state index in [1.54, 1.807) is 11.1 Å². The lowest BCUT2D eigenvalue weighted by Gasteiger charge is -2.24. The summed E-state index contributed by atoms with van der Waals surface area (Å²) in [5.41, 5.74) is -0.443. The van der Waals surface area contributed by atoms with Gasteiger partial charge in [-0.3, -0.25) is 0 Å². The average Bonchev–Trinajstić information content (AvgIpc) is 2.86. The van der Waals surface area contributed by atoms with Crippen molar-refractivity contribution in [1.29, 1.82) is 0 Å². The molecule has 0 N–H and O–H groups in total. The van der Waals surface area contributed by atoms with Crippen LogP contribution in [0.5, 0.6) is 0 Å². The fourth-order valence-corrected chi connectivity index (χ4v) is 1.92. The Kier molecular flexibility index (Phi) is 3.09. The molecule has 5 heteroatoms. The minimum atomic E-state index is -0.443. The molecule has 0 saturated carbocycles. The van der Waals surface area contributed by atoms with Crippen LogP contribution in [-0.2, 0) is 4.74 Å². The third-order valence-electron chi connectivity index (χ3n) is 2.70. The number of likely N-dealkylation sites (tertiary alicyclic amines) is 1. The summed E-state index contributed by atoms with van der Waals surface area (Å²) in [4.78, 5) is 13.6. The molecule has 17 heavy (non-hydrogen) atoms. The van der Waals surface area contributed by atoms with Crippen LogP contribution in [0.1, 0.15) is 38.9 Å². The number of aromatic nitrogens is 1. The summed E-state index contributed by atoms with van der Waals surface area (Å²) in [6.45, 7) is 6.96. The topological polar surface area (TPSA) is 55.6 Å². The molecule has 0 radical (unpaired) electrons. The van der Waals surface area contributed by atoms with Gasteiger partial charge in [0.2, 0.25) is 0 Å². The Bertz CT molecular complexity index is 381. The van der Waals surface area contributed by atoms with Crippen LogP contribution in [0, 0.1) is 0 Å². The van der Waals surface area contributed by atoms with Gasteiger partial charge in [-0.15, -0.1) is 0 Å². The summed E-state index contributed by atoms with van der Waals surface area (Å²) in [6, 6.07) is 1.85. The van der Waals surface area contributed by atoms with Gasteiger partial charge in [0.05, 0.1) is 6.20 Å². The van der Waals surface area contributed by atoms with Crippen LogP contribution in [0.3, 0.4) is 0 Å². The molecular weight excluding hydrogens is 220 g/mol. The van der Waals surface area contributed by atoms with E-state index in [2.05, 4.69) is 5.16 Å². The maximum absolute atomic E-state index is 11.8. The molecule has 1 fully saturated rings. The van der Waals surface area contributed by atoms with E-state index in [-0.39, 0.29) is 12.0 Å². The number of carbonyl (C=O) groups is 1. The van der Waals surface area contributed by atoms with Crippen molar-refractivity contribution in [2.45, 2.75) is 38.7 Å². The molecule has 1 aliphatic heterocycles. The van der Waals surface area contributed by atoms with Gasteiger partial charge in [0.1, 0.15) is 11.4 Å². The third-order valence-corrected chi connectivity index (χ3v) is 2.70. The van der Waals surface area contributed by atoms with Gasteiger partial charge < -0.3 is 14.2 Å². The molecule has 1 aromatic heterocycles. The average molecular weight is 238 g/mol. The number of ether oxygens (including phenoxy) is 1. The van der Waals surface area contributed by atoms with E-state index < -0.39 is 5.60 Å². The van der Waals surface area contributed by atoms with Gasteiger partial charge in [0.25, 0.3) is 0 Å². The van der Waals surface area contributed by atoms with Gasteiger partial charge in [-0.2, -0.15) is 0 Å². The van der Waals surface area contributed by atoms with Crippen molar-refractivity contribution in [3.63, 3.8) is 0 Å². The molecule has 2 heterocycles. The summed E-state index contributed by atoms with van der Waals surface area (Å²) in [5, 5.41) is 3.69. The Hall–Kier alpha value is -1.52. The van der Waals surface area contributed by atoms with E-state index >= 15 is 0 Å². The van der Waals surface area contributed by atoms with Crippen molar-refractivity contribution in [2.24, 2.45) is 0 Å². The van der Waals surface area contributed by atoms with E-state index in [9.17, 15) is 4.79 Å². The predicted molar refractivity (Wildman–Crippen MR) is 61.7 cm³/mol. The SMILES string of the molecule is CC(C)(C)OC(=O)N1CC[C@H](c2ccno2)C1. The van der Waals surface area contributed by atoms with Gasteiger partial charge in [-0.1, -0.05) is 5.16 Å². The maximum atomic E-state index is 11.8. The monoisotopic (exact) mass is 238 g/mol. The van der Waals surface area contributed by atoms with Crippen molar-refractivity contribution in [3.8, 4) is 0 Å². The van der Waals surface area contributed by atoms with E-state index in [4.69, 9.17) is 9.26 Å². The molecule has 1 saturated heterocycles. The van der Waals surface area contributed by atoms with Crippen molar-refractivity contribution in [1.82, 2.24) is 10.1 Å². The Morgan fingerprint density at radius 2 is 2.35 bits per heavy atom. The fraction of sp³-hybridized carbons (Fsp3) is 0.667. The Morgan fingerprint density at radius 3 is 2.94 bits per heavy atom. The summed E-state index contributed by atoms with van der Waals surface area (Å²) < 4.78 is 10.4. The maximum Gasteiger partial charge on any atom is 0.410 e. The molecule has 1 amide bonds. The molecule has 1 aliphatic rings. The zero-order valence-corrected chi connectivity index (χ0v) is 10.5. The fourth-order valence-electron chi connectivity index (χ4n) is 1.92. The molecule has 0 aromatic carbocycles. The second kappa shape index (κ2) is 4.39. The van der Waals surface area contributed by atoms with E-state index in [1.807, 2.05) is 26.8 Å². The molecule has 5 nitrogen and oxygen atoms in total. The van der Waals surface area contributed by atoms with Gasteiger partial charge in [-0.25, -0.2) is 4.79 Å². The molecular formula is C12H18N2O3. The molecule has 1 aromatic rings. The van der Waals surface area contributed by atoms with Crippen molar-refractivity contribution >= 4 is 6.09 Å². The van der Waals surface area contributed by atoms with Crippen LogP contribution in [0.4, 0.5) is 4.79 Å². The van der Waals surface area contributed by atoms with Crippen LogP contribution in [-0.4, -0.2) is 34.8 Å². The van der Waals surface area contributed by atoms with Crippen LogP contribution < -0.4 is 0 Å². The predicted octanol–water partition coefficient (Wildman–Crippen LogP) is 2.40. The van der Waals surface area contributed by atoms with Crippen LogP contribution in [0.15, 0.2) is 16.8 Å². The summed E-state index contributed by atoms with van der Waals surface area (Å²) in [5.74, 6) is 1.08. The van der Waals surface area contributed by atoms with Gasteiger partial charge in [0.15, 0.2) is 0 Å². The quantitative estimate of drug-likeness (QED) is 0.753. The van der Waals surface area contributed by atoms with Crippen molar-refractivity contribution in [3.05, 3.63) is 18.0 Å². The van der Waals surface area contributed by atoms with Crippen molar-refractivity contribution in [2.75, 3.05) is 13.1 Å². The van der Waals surface area contributed by atoms with E-state index in [0.29, 0.717) is 13.1 Å². The van der Waals surface area contributed by atoms with E-state index in [1.165, 1.54) is 0 Å². The summed E-state index contributed by atoms with van der Waals surface area (Å²) in [7, 11) is 0. The smallest absolute Gasteiger partial charge is 0.410 e. The highest BCUT2D eigenvalue weighted by Gasteiger charge is 2.31. The van der Waals surface area contributed by atoms with E-state index in [0.717, 1.165) is 12.2 Å². The van der Waals surface area contributed by atoms with Crippen LogP contribution in [0.25, 0.3) is 0 Å². The van der Waals surface area contributed by atoms with Crippen LogP contribution >= 0.6 is 0 Å². The standard InChI is InChI=1S/C12H18N2O3/c1-12(2,3)16-11(15)14-7-5-9(8-14)10-4-6-13-17-10/h4,6,9H,5,7-8H2,1-3H3/t9-/m0/s1. The van der Waals surface area contributed by atoms with Crippen molar-refractivity contribution < 1.29 is 14.1 Å². The zero-order chi connectivity index (χ0) is 12.5. The normalized spacial score (nSPS) is 20.6. The first kappa shape index (κ1) is 12.0. The highest BCUT2D eigenvalue weighted by atomic mass is 16.6. The second-order valence-corrected chi connectivity index (χ2v) is 5.33. The minimum absolute atomic E-state index is 0.241. The van der Waals surface area contributed by atoms with Gasteiger partial charge in [0, 0.05) is 25.1 Å². The molecule has 0 spiro atoms. The molecule has 0 unspecified atom stereocenters. The summed E-state index contributed by atoms with van der Waals surface area (Å²) >= 11 is 0. The minimum Gasteiger partial charge on any atom is -0.444 e. The number of rotatable bonds is 1. The number of amides is 1. The number of hydrogen-bond acceptors (Lipinski definition) is 4. The zero-order valence-electron chi connectivity index (χ0n) is 10.5. The highest BCUT2D eigenvalue weighted by Crippen LogP contribution is 2.27. The van der Waals surface area contributed by atoms with Crippen LogP contribution in [0.2, 0.25) is 0 Å². The Morgan fingerprint density at radius 1 is 1.59 bits per heavy atom. The lowest BCUT2D eigenvalue weighted by Crippen LogP contribution is -2.35. The second-order valence-electron chi connectivity index (χ2n) is 5.33. The summed E-state index contributed by atoms with van der Waals surface area (Å²) in [6.07, 6.45) is 2.28. The largest absolute Gasteiger partial charge is 0.444 e. The van der Waals surface area contributed by atoms with Gasteiger partial charge in [-0.05, 0) is 27.2 Å². The molecule has 1 atom stereocenters. The highest BCUT2D eigenvalue weighted by molar-refractivity contribution is 5.68. The first-order valence-corrected chi connectivity index (χ1v) is 5.84. The first-order chi connectivity index (χ1) is 7.96. The van der Waals surface area contributed by atoms with Gasteiger partial charge >= 0.3 is 6.09 Å². The third kappa shape index (κ3) is 2.99. The Labute approximate surface area is 101 Å². The lowest BCUT2D eigenvalue weighted by molar-refractivity contribution is 0.0291. The molecule has 94 valence electrons. The molecule has 0 bridgehead atoms. The number of nitrogens with zero attached hydrogens (tertiary/aromatic N) is 2. The molecule has 2 rings (SSSR count). The first-order valence-electron chi connectivity index (χ1n) is 5.84. The lowest BCUT2D eigenvalue weighted by atomic mass is 10.1. The number of carbonyl (C=O) groups excluding carboxylic acids is 1. The molecule has 0 aliphatic carbocycles. The number of hydrogen-bond donors (Lipinski definition) is 0.